The number of carbonyl (C=O) groups excluding carboxylic acids is 1. The van der Waals surface area contributed by atoms with Crippen LogP contribution in [0.2, 0.25) is 0 Å². The Hall–Kier alpha value is -0.530. The molecule has 1 rings (SSSR count). The van der Waals surface area contributed by atoms with Gasteiger partial charge in [-0.2, -0.15) is 0 Å². The summed E-state index contributed by atoms with van der Waals surface area (Å²) in [6.07, 6.45) is 0.556. The molecule has 0 aliphatic carbocycles. The quantitative estimate of drug-likeness (QED) is 0.541. The second-order valence-electron chi connectivity index (χ2n) is 5.98. The maximum Gasteiger partial charge on any atom is 0.310 e. The molecular formula is C11H20O2. The van der Waals surface area contributed by atoms with E-state index in [1.165, 1.54) is 0 Å². The molecule has 0 radical (unpaired) electrons. The summed E-state index contributed by atoms with van der Waals surface area (Å²) in [5, 5.41) is 0. The van der Waals surface area contributed by atoms with E-state index in [-0.39, 0.29) is 22.4 Å². The third-order valence-electron chi connectivity index (χ3n) is 3.10. The van der Waals surface area contributed by atoms with Crippen molar-refractivity contribution in [2.75, 3.05) is 0 Å². The molecule has 1 aliphatic rings. The molecule has 0 saturated carbocycles. The second-order valence-corrected chi connectivity index (χ2v) is 5.98. The minimum Gasteiger partial charge on any atom is -0.457 e. The molecule has 1 fully saturated rings. The van der Waals surface area contributed by atoms with E-state index in [1.807, 2.05) is 0 Å². The summed E-state index contributed by atoms with van der Waals surface area (Å²) >= 11 is 0. The molecule has 0 aromatic rings. The average Bonchev–Trinajstić information content (AvgIpc) is 1.74. The molecule has 0 aromatic carbocycles. The van der Waals surface area contributed by atoms with Gasteiger partial charge in [0.05, 0.1) is 6.42 Å². The van der Waals surface area contributed by atoms with E-state index < -0.39 is 0 Å². The minimum absolute atomic E-state index is 0.0131. The van der Waals surface area contributed by atoms with Gasteiger partial charge in [0.25, 0.3) is 0 Å². The van der Waals surface area contributed by atoms with Gasteiger partial charge in [-0.3, -0.25) is 4.79 Å². The third-order valence-corrected chi connectivity index (χ3v) is 3.10. The topological polar surface area (TPSA) is 26.3 Å². The lowest BCUT2D eigenvalue weighted by atomic mass is 9.59. The molecule has 1 heterocycles. The van der Waals surface area contributed by atoms with Gasteiger partial charge in [-0.1, -0.05) is 41.5 Å². The van der Waals surface area contributed by atoms with Crippen LogP contribution in [0, 0.1) is 10.8 Å². The van der Waals surface area contributed by atoms with Gasteiger partial charge in [0.15, 0.2) is 0 Å². The zero-order valence-corrected chi connectivity index (χ0v) is 9.52. The molecular weight excluding hydrogens is 164 g/mol. The minimum atomic E-state index is -0.281. The van der Waals surface area contributed by atoms with E-state index in [9.17, 15) is 4.79 Å². The highest BCUT2D eigenvalue weighted by molar-refractivity contribution is 5.77. The number of esters is 1. The van der Waals surface area contributed by atoms with Crippen molar-refractivity contribution in [2.24, 2.45) is 10.8 Å². The fourth-order valence-corrected chi connectivity index (χ4v) is 2.35. The van der Waals surface area contributed by atoms with Crippen LogP contribution in [0.1, 0.15) is 48.0 Å². The summed E-state index contributed by atoms with van der Waals surface area (Å²) in [5.41, 5.74) is -0.255. The Kier molecular flexibility index (Phi) is 2.02. The molecule has 0 amide bonds. The Bertz CT molecular complexity index is 203. The van der Waals surface area contributed by atoms with E-state index in [2.05, 4.69) is 41.5 Å². The number of cyclic esters (lactones) is 1. The van der Waals surface area contributed by atoms with Gasteiger partial charge in [-0.15, -0.1) is 0 Å². The summed E-state index contributed by atoms with van der Waals surface area (Å²) < 4.78 is 5.42. The third kappa shape index (κ3) is 1.36. The maximum atomic E-state index is 11.0. The first-order chi connectivity index (χ1) is 5.60. The highest BCUT2D eigenvalue weighted by atomic mass is 16.6. The molecule has 0 N–H and O–H groups in total. The molecule has 0 spiro atoms. The van der Waals surface area contributed by atoms with Crippen LogP contribution in [-0.4, -0.2) is 11.6 Å². The van der Waals surface area contributed by atoms with Crippen molar-refractivity contribution in [1.29, 1.82) is 0 Å². The average molecular weight is 184 g/mol. The predicted molar refractivity (Wildman–Crippen MR) is 52.4 cm³/mol. The summed E-state index contributed by atoms with van der Waals surface area (Å²) in [6.45, 7) is 12.8. The fourth-order valence-electron chi connectivity index (χ4n) is 2.35. The molecule has 1 aliphatic heterocycles. The van der Waals surface area contributed by atoms with E-state index in [0.717, 1.165) is 0 Å². The van der Waals surface area contributed by atoms with Crippen molar-refractivity contribution in [3.05, 3.63) is 0 Å². The van der Waals surface area contributed by atoms with Gasteiger partial charge in [-0.25, -0.2) is 0 Å². The molecule has 0 unspecified atom stereocenters. The van der Waals surface area contributed by atoms with Gasteiger partial charge in [-0.05, 0) is 0 Å². The van der Waals surface area contributed by atoms with Crippen molar-refractivity contribution in [3.8, 4) is 0 Å². The Balaban J connectivity index is 2.99. The normalized spacial score (nSPS) is 22.2. The first kappa shape index (κ1) is 10.6. The standard InChI is InChI=1S/C11H20O2/c1-9(2,3)11(10(4,5)6)7-8(12)13-11/h7H2,1-6H3. The lowest BCUT2D eigenvalue weighted by Gasteiger charge is -2.57. The Labute approximate surface area is 80.7 Å². The summed E-state index contributed by atoms with van der Waals surface area (Å²) in [5.74, 6) is -0.0650. The molecule has 0 aromatic heterocycles. The summed E-state index contributed by atoms with van der Waals surface area (Å²) in [7, 11) is 0. The van der Waals surface area contributed by atoms with Crippen molar-refractivity contribution in [3.63, 3.8) is 0 Å². The second kappa shape index (κ2) is 2.49. The van der Waals surface area contributed by atoms with Crippen LogP contribution in [-0.2, 0) is 9.53 Å². The van der Waals surface area contributed by atoms with E-state index in [4.69, 9.17) is 4.74 Å². The van der Waals surface area contributed by atoms with Crippen LogP contribution in [0.3, 0.4) is 0 Å². The fraction of sp³-hybridized carbons (Fsp3) is 0.909. The van der Waals surface area contributed by atoms with Crippen LogP contribution in [0.25, 0.3) is 0 Å². The van der Waals surface area contributed by atoms with Gasteiger partial charge < -0.3 is 4.74 Å². The smallest absolute Gasteiger partial charge is 0.310 e. The van der Waals surface area contributed by atoms with Crippen molar-refractivity contribution in [2.45, 2.75) is 53.6 Å². The first-order valence-corrected chi connectivity index (χ1v) is 4.82. The van der Waals surface area contributed by atoms with Crippen molar-refractivity contribution >= 4 is 5.97 Å². The van der Waals surface area contributed by atoms with Crippen LogP contribution in [0.15, 0.2) is 0 Å². The van der Waals surface area contributed by atoms with Gasteiger partial charge in [0.2, 0.25) is 0 Å². The number of hydrogen-bond acceptors (Lipinski definition) is 2. The molecule has 2 heteroatoms. The van der Waals surface area contributed by atoms with Crippen molar-refractivity contribution in [1.82, 2.24) is 0 Å². The van der Waals surface area contributed by atoms with Crippen LogP contribution in [0.4, 0.5) is 0 Å². The predicted octanol–water partition coefficient (Wildman–Crippen LogP) is 2.76. The maximum absolute atomic E-state index is 11.0. The van der Waals surface area contributed by atoms with E-state index in [0.29, 0.717) is 6.42 Å². The summed E-state index contributed by atoms with van der Waals surface area (Å²) in [4.78, 5) is 11.0. The molecule has 13 heavy (non-hydrogen) atoms. The largest absolute Gasteiger partial charge is 0.457 e. The molecule has 1 saturated heterocycles. The number of rotatable bonds is 0. The van der Waals surface area contributed by atoms with Crippen molar-refractivity contribution < 1.29 is 9.53 Å². The monoisotopic (exact) mass is 184 g/mol. The Morgan fingerprint density at radius 3 is 1.46 bits per heavy atom. The number of ether oxygens (including phenoxy) is 1. The number of hydrogen-bond donors (Lipinski definition) is 0. The highest BCUT2D eigenvalue weighted by Gasteiger charge is 2.61. The van der Waals surface area contributed by atoms with Gasteiger partial charge in [0, 0.05) is 10.8 Å². The van der Waals surface area contributed by atoms with E-state index >= 15 is 0 Å². The first-order valence-electron chi connectivity index (χ1n) is 4.82. The molecule has 0 bridgehead atoms. The zero-order valence-electron chi connectivity index (χ0n) is 9.52. The van der Waals surface area contributed by atoms with Crippen LogP contribution >= 0.6 is 0 Å². The Morgan fingerprint density at radius 2 is 1.38 bits per heavy atom. The van der Waals surface area contributed by atoms with E-state index in [1.54, 1.807) is 0 Å². The van der Waals surface area contributed by atoms with Crippen LogP contribution in [0.5, 0.6) is 0 Å². The highest BCUT2D eigenvalue weighted by Crippen LogP contribution is 2.54. The lowest BCUT2D eigenvalue weighted by Crippen LogP contribution is -2.63. The summed E-state index contributed by atoms with van der Waals surface area (Å²) in [6, 6.07) is 0. The SMILES string of the molecule is CC(C)(C)C1(C(C)(C)C)CC(=O)O1. The molecule has 2 nitrogen and oxygen atoms in total. The van der Waals surface area contributed by atoms with Gasteiger partial charge >= 0.3 is 5.97 Å². The van der Waals surface area contributed by atoms with Crippen LogP contribution < -0.4 is 0 Å². The Morgan fingerprint density at radius 1 is 1.08 bits per heavy atom. The van der Waals surface area contributed by atoms with Gasteiger partial charge in [0.1, 0.15) is 5.60 Å². The number of carbonyl (C=O) groups is 1. The lowest BCUT2D eigenvalue weighted by molar-refractivity contribution is -0.243. The molecule has 76 valence electrons. The zero-order chi connectivity index (χ0) is 10.5. The molecule has 0 atom stereocenters.